The number of hydrogen-bond donors (Lipinski definition) is 2. The lowest BCUT2D eigenvalue weighted by molar-refractivity contribution is -0.137. The summed E-state index contributed by atoms with van der Waals surface area (Å²) in [4.78, 5) is 39.8. The zero-order valence-electron chi connectivity index (χ0n) is 19.2. The summed E-state index contributed by atoms with van der Waals surface area (Å²) >= 11 is 0. The predicted octanol–water partition coefficient (Wildman–Crippen LogP) is 3.13. The van der Waals surface area contributed by atoms with Gasteiger partial charge >= 0.3 is 6.18 Å². The van der Waals surface area contributed by atoms with Crippen molar-refractivity contribution in [3.05, 3.63) is 54.7 Å². The first-order valence-electron chi connectivity index (χ1n) is 10.7. The number of likely N-dealkylation sites (N-methyl/N-ethyl adjacent to an activating group) is 1. The molecule has 0 bridgehead atoms. The van der Waals surface area contributed by atoms with Gasteiger partial charge in [-0.2, -0.15) is 18.3 Å². The van der Waals surface area contributed by atoms with Gasteiger partial charge in [-0.3, -0.25) is 19.7 Å². The van der Waals surface area contributed by atoms with Crippen molar-refractivity contribution in [3.63, 3.8) is 0 Å². The smallest absolute Gasteiger partial charge is 0.364 e. The average molecular weight is 498 g/mol. The number of carbonyl (C=O) groups is 2. The SMILES string of the molecule is Cc1cccc(N(C)CC(=O)NCC(F)(F)F)c1N(C=O)c1ncc(-c2cncc3[nH]ncc23)cn1. The van der Waals surface area contributed by atoms with Gasteiger partial charge in [0.15, 0.2) is 0 Å². The Hall–Kier alpha value is -4.55. The molecule has 0 unspecified atom stereocenters. The molecule has 186 valence electrons. The molecule has 3 heterocycles. The van der Waals surface area contributed by atoms with E-state index in [0.717, 1.165) is 16.5 Å². The quantitative estimate of drug-likeness (QED) is 0.358. The lowest BCUT2D eigenvalue weighted by atomic mass is 10.1. The summed E-state index contributed by atoms with van der Waals surface area (Å²) in [6, 6.07) is 5.12. The summed E-state index contributed by atoms with van der Waals surface area (Å²) in [5.74, 6) is -0.742. The fourth-order valence-corrected chi connectivity index (χ4v) is 3.70. The number of halogens is 3. The molecule has 0 saturated heterocycles. The highest BCUT2D eigenvalue weighted by Gasteiger charge is 2.28. The van der Waals surface area contributed by atoms with E-state index in [1.807, 2.05) is 5.32 Å². The van der Waals surface area contributed by atoms with Gasteiger partial charge in [0, 0.05) is 42.2 Å². The predicted molar refractivity (Wildman–Crippen MR) is 127 cm³/mol. The van der Waals surface area contributed by atoms with Crippen LogP contribution in [0.25, 0.3) is 22.0 Å². The Bertz CT molecular complexity index is 1390. The molecule has 0 spiro atoms. The van der Waals surface area contributed by atoms with Crippen molar-refractivity contribution in [1.29, 1.82) is 0 Å². The highest BCUT2D eigenvalue weighted by atomic mass is 19.4. The Morgan fingerprint density at radius 1 is 1.14 bits per heavy atom. The third kappa shape index (κ3) is 5.24. The van der Waals surface area contributed by atoms with Crippen LogP contribution in [0.2, 0.25) is 0 Å². The van der Waals surface area contributed by atoms with E-state index in [1.165, 1.54) is 16.8 Å². The van der Waals surface area contributed by atoms with Gasteiger partial charge in [-0.1, -0.05) is 12.1 Å². The summed E-state index contributed by atoms with van der Waals surface area (Å²) in [6.45, 7) is -0.0314. The minimum absolute atomic E-state index is 0.0755. The highest BCUT2D eigenvalue weighted by molar-refractivity contribution is 5.95. The minimum Gasteiger partial charge on any atom is -0.364 e. The van der Waals surface area contributed by atoms with E-state index in [-0.39, 0.29) is 12.5 Å². The maximum absolute atomic E-state index is 12.4. The molecule has 0 atom stereocenters. The number of benzene rings is 1. The van der Waals surface area contributed by atoms with Crippen molar-refractivity contribution in [2.75, 3.05) is 29.9 Å². The molecule has 36 heavy (non-hydrogen) atoms. The number of para-hydroxylation sites is 1. The normalized spacial score (nSPS) is 11.4. The number of pyridine rings is 1. The van der Waals surface area contributed by atoms with Crippen LogP contribution in [0.15, 0.2) is 49.2 Å². The Kier molecular flexibility index (Phi) is 6.81. The maximum atomic E-state index is 12.4. The number of H-pyrrole nitrogens is 1. The van der Waals surface area contributed by atoms with E-state index in [0.29, 0.717) is 28.9 Å². The van der Waals surface area contributed by atoms with Crippen LogP contribution < -0.4 is 15.1 Å². The fraction of sp³-hybridized carbons (Fsp3) is 0.217. The molecule has 1 aromatic carbocycles. The lowest BCUT2D eigenvalue weighted by Gasteiger charge is -2.27. The van der Waals surface area contributed by atoms with Crippen LogP contribution in [0.5, 0.6) is 0 Å². The zero-order chi connectivity index (χ0) is 25.9. The Labute approximate surface area is 203 Å². The van der Waals surface area contributed by atoms with Gasteiger partial charge in [0.1, 0.15) is 6.54 Å². The van der Waals surface area contributed by atoms with Gasteiger partial charge in [-0.05, 0) is 18.6 Å². The van der Waals surface area contributed by atoms with Crippen molar-refractivity contribution in [1.82, 2.24) is 30.5 Å². The minimum atomic E-state index is -4.51. The number of carbonyl (C=O) groups excluding carboxylic acids is 2. The molecule has 3 aromatic heterocycles. The van der Waals surface area contributed by atoms with E-state index >= 15 is 0 Å². The number of aryl methyl sites for hydroxylation is 1. The Morgan fingerprint density at radius 2 is 1.89 bits per heavy atom. The molecule has 0 aliphatic carbocycles. The molecule has 0 fully saturated rings. The van der Waals surface area contributed by atoms with Crippen LogP contribution in [0.1, 0.15) is 5.56 Å². The first-order valence-corrected chi connectivity index (χ1v) is 10.7. The number of fused-ring (bicyclic) bond motifs is 1. The van der Waals surface area contributed by atoms with Crippen LogP contribution in [0.3, 0.4) is 0 Å². The van der Waals surface area contributed by atoms with Gasteiger partial charge < -0.3 is 10.2 Å². The number of amides is 2. The monoisotopic (exact) mass is 498 g/mol. The highest BCUT2D eigenvalue weighted by Crippen LogP contribution is 2.35. The Morgan fingerprint density at radius 3 is 2.58 bits per heavy atom. The third-order valence-corrected chi connectivity index (χ3v) is 5.37. The first-order chi connectivity index (χ1) is 17.2. The van der Waals surface area contributed by atoms with Crippen molar-refractivity contribution in [2.45, 2.75) is 13.1 Å². The molecular formula is C23H21F3N8O2. The number of nitrogens with zero attached hydrogens (tertiary/aromatic N) is 6. The standard InChI is InChI=1S/C23H21F3N8O2/c1-14-4-3-5-19(33(2)11-20(36)30-12-23(24,25)26)21(14)34(13-35)22-28-6-15(7-29-22)16-8-27-10-18-17(16)9-31-32-18/h3-10,13H,11-12H2,1-2H3,(H,30,36)(H,31,32). The molecule has 4 rings (SSSR count). The van der Waals surface area contributed by atoms with Crippen molar-refractivity contribution >= 4 is 40.5 Å². The molecule has 0 aliphatic rings. The number of aromatic amines is 1. The summed E-state index contributed by atoms with van der Waals surface area (Å²) in [6.07, 6.45) is 4.10. The second-order valence-electron chi connectivity index (χ2n) is 7.96. The van der Waals surface area contributed by atoms with E-state index in [1.54, 1.807) is 56.1 Å². The van der Waals surface area contributed by atoms with Gasteiger partial charge in [-0.15, -0.1) is 0 Å². The number of alkyl halides is 3. The molecular weight excluding hydrogens is 477 g/mol. The zero-order valence-corrected chi connectivity index (χ0v) is 19.2. The molecule has 0 radical (unpaired) electrons. The van der Waals surface area contributed by atoms with Gasteiger partial charge in [0.25, 0.3) is 0 Å². The molecule has 2 amide bonds. The second kappa shape index (κ2) is 9.98. The van der Waals surface area contributed by atoms with Gasteiger partial charge in [0.05, 0.1) is 35.8 Å². The third-order valence-electron chi connectivity index (χ3n) is 5.37. The molecule has 2 N–H and O–H groups in total. The van der Waals surface area contributed by atoms with Crippen LogP contribution in [-0.2, 0) is 9.59 Å². The maximum Gasteiger partial charge on any atom is 0.405 e. The van der Waals surface area contributed by atoms with Crippen LogP contribution >= 0.6 is 0 Å². The van der Waals surface area contributed by atoms with Crippen LogP contribution in [0.4, 0.5) is 30.5 Å². The number of nitrogens with one attached hydrogen (secondary N) is 2. The van der Waals surface area contributed by atoms with Crippen molar-refractivity contribution in [3.8, 4) is 11.1 Å². The molecule has 0 saturated carbocycles. The Balaban J connectivity index is 1.62. The van der Waals surface area contributed by atoms with Gasteiger partial charge in [0.2, 0.25) is 18.3 Å². The summed E-state index contributed by atoms with van der Waals surface area (Å²) < 4.78 is 37.3. The average Bonchev–Trinajstić information content (AvgIpc) is 3.33. The summed E-state index contributed by atoms with van der Waals surface area (Å²) in [5, 5.41) is 9.53. The molecule has 0 aliphatic heterocycles. The van der Waals surface area contributed by atoms with Crippen molar-refractivity contribution < 1.29 is 22.8 Å². The molecule has 10 nitrogen and oxygen atoms in total. The first kappa shape index (κ1) is 24.6. The van der Waals surface area contributed by atoms with E-state index in [9.17, 15) is 22.8 Å². The summed E-state index contributed by atoms with van der Waals surface area (Å²) in [7, 11) is 1.54. The van der Waals surface area contributed by atoms with Crippen LogP contribution in [-0.4, -0.2) is 63.8 Å². The van der Waals surface area contributed by atoms with Crippen LogP contribution in [0, 0.1) is 6.92 Å². The fourth-order valence-electron chi connectivity index (χ4n) is 3.70. The topological polar surface area (TPSA) is 120 Å². The van der Waals surface area contributed by atoms with E-state index < -0.39 is 18.6 Å². The molecule has 13 heteroatoms. The van der Waals surface area contributed by atoms with E-state index in [4.69, 9.17) is 0 Å². The second-order valence-corrected chi connectivity index (χ2v) is 7.96. The number of hydrogen-bond acceptors (Lipinski definition) is 7. The van der Waals surface area contributed by atoms with Gasteiger partial charge in [-0.25, -0.2) is 14.9 Å². The summed E-state index contributed by atoms with van der Waals surface area (Å²) in [5.41, 5.74) is 3.66. The number of rotatable bonds is 8. The number of anilines is 3. The molecule has 4 aromatic rings. The number of aromatic nitrogens is 5. The van der Waals surface area contributed by atoms with E-state index in [2.05, 4.69) is 25.1 Å². The lowest BCUT2D eigenvalue weighted by Crippen LogP contribution is -2.40. The van der Waals surface area contributed by atoms with Crippen molar-refractivity contribution in [2.24, 2.45) is 0 Å². The largest absolute Gasteiger partial charge is 0.405 e.